The predicted molar refractivity (Wildman–Crippen MR) is 103 cm³/mol. The SMILES string of the molecule is NC(=O)c1cc([N+](=O)[O-])c(NC2CC2)c(-c2ccc(Br)cc2)c1OCC(F)F. The fourth-order valence-electron chi connectivity index (χ4n) is 2.74. The van der Waals surface area contributed by atoms with E-state index in [1.165, 1.54) is 0 Å². The van der Waals surface area contributed by atoms with Crippen molar-refractivity contribution >= 4 is 33.2 Å². The van der Waals surface area contributed by atoms with Crippen LogP contribution in [-0.4, -0.2) is 29.9 Å². The van der Waals surface area contributed by atoms with Crippen LogP contribution in [0.3, 0.4) is 0 Å². The van der Waals surface area contributed by atoms with Gasteiger partial charge >= 0.3 is 0 Å². The highest BCUT2D eigenvalue weighted by molar-refractivity contribution is 9.10. The molecule has 1 aliphatic rings. The van der Waals surface area contributed by atoms with Crippen LogP contribution in [0.2, 0.25) is 0 Å². The number of alkyl halides is 2. The molecule has 0 spiro atoms. The third-order valence-electron chi connectivity index (χ3n) is 4.13. The number of rotatable bonds is 8. The molecule has 1 amide bonds. The van der Waals surface area contributed by atoms with Crippen molar-refractivity contribution in [2.75, 3.05) is 11.9 Å². The molecule has 148 valence electrons. The van der Waals surface area contributed by atoms with Crippen LogP contribution < -0.4 is 15.8 Å². The number of ether oxygens (including phenoxy) is 1. The van der Waals surface area contributed by atoms with E-state index in [2.05, 4.69) is 21.2 Å². The van der Waals surface area contributed by atoms with E-state index in [1.54, 1.807) is 24.3 Å². The maximum absolute atomic E-state index is 12.8. The van der Waals surface area contributed by atoms with E-state index in [1.807, 2.05) is 0 Å². The van der Waals surface area contributed by atoms with E-state index in [4.69, 9.17) is 10.5 Å². The molecule has 10 heteroatoms. The molecule has 0 aromatic heterocycles. The number of nitrogens with two attached hydrogens (primary N) is 1. The zero-order valence-corrected chi connectivity index (χ0v) is 16.0. The highest BCUT2D eigenvalue weighted by Gasteiger charge is 2.32. The first-order chi connectivity index (χ1) is 13.3. The summed E-state index contributed by atoms with van der Waals surface area (Å²) in [7, 11) is 0. The number of amides is 1. The average molecular weight is 456 g/mol. The molecule has 3 N–H and O–H groups in total. The van der Waals surface area contributed by atoms with Crippen molar-refractivity contribution in [2.45, 2.75) is 25.3 Å². The van der Waals surface area contributed by atoms with E-state index < -0.39 is 23.9 Å². The molecular weight excluding hydrogens is 440 g/mol. The number of hydrogen-bond donors (Lipinski definition) is 2. The van der Waals surface area contributed by atoms with Crippen molar-refractivity contribution in [2.24, 2.45) is 5.73 Å². The topological polar surface area (TPSA) is 107 Å². The molecular formula is C18H16BrF2N3O4. The molecule has 7 nitrogen and oxygen atoms in total. The van der Waals surface area contributed by atoms with Gasteiger partial charge in [-0.15, -0.1) is 0 Å². The second kappa shape index (κ2) is 8.09. The van der Waals surface area contributed by atoms with Gasteiger partial charge in [-0.1, -0.05) is 28.1 Å². The number of carbonyl (C=O) groups excluding carboxylic acids is 1. The third-order valence-corrected chi connectivity index (χ3v) is 4.66. The fourth-order valence-corrected chi connectivity index (χ4v) is 3.01. The van der Waals surface area contributed by atoms with Gasteiger partial charge in [0.25, 0.3) is 18.0 Å². The summed E-state index contributed by atoms with van der Waals surface area (Å²) in [6.45, 7) is -0.982. The van der Waals surface area contributed by atoms with Crippen LogP contribution >= 0.6 is 15.9 Å². The Morgan fingerprint density at radius 1 is 1.36 bits per heavy atom. The predicted octanol–water partition coefficient (Wildman–Crippen LogP) is 4.34. The van der Waals surface area contributed by atoms with Crippen molar-refractivity contribution in [3.05, 3.63) is 50.5 Å². The monoisotopic (exact) mass is 455 g/mol. The first kappa shape index (κ1) is 20.0. The summed E-state index contributed by atoms with van der Waals surface area (Å²) in [6.07, 6.45) is -1.16. The lowest BCUT2D eigenvalue weighted by atomic mass is 9.97. The van der Waals surface area contributed by atoms with Gasteiger partial charge in [0.1, 0.15) is 18.0 Å². The summed E-state index contributed by atoms with van der Waals surface area (Å²) in [5.74, 6) is -1.22. The van der Waals surface area contributed by atoms with E-state index in [0.717, 1.165) is 23.4 Å². The Morgan fingerprint density at radius 2 is 2.00 bits per heavy atom. The molecule has 0 saturated heterocycles. The number of anilines is 1. The Morgan fingerprint density at radius 3 is 2.50 bits per heavy atom. The Hall–Kier alpha value is -2.75. The minimum atomic E-state index is -2.80. The highest BCUT2D eigenvalue weighted by atomic mass is 79.9. The standard InChI is InChI=1S/C18H16BrF2N3O4/c19-10-3-1-9(2-4-10)15-16(23-11-5-6-11)13(24(26)27)7-12(18(22)25)17(15)28-8-14(20)21/h1-4,7,11,14,23H,5-6,8H2,(H2,22,25). The van der Waals surface area contributed by atoms with Crippen LogP contribution in [0.4, 0.5) is 20.2 Å². The van der Waals surface area contributed by atoms with Gasteiger partial charge in [-0.05, 0) is 30.5 Å². The molecule has 0 heterocycles. The lowest BCUT2D eigenvalue weighted by Crippen LogP contribution is -2.18. The fraction of sp³-hybridized carbons (Fsp3) is 0.278. The molecule has 0 radical (unpaired) electrons. The maximum Gasteiger partial charge on any atom is 0.294 e. The van der Waals surface area contributed by atoms with E-state index in [0.29, 0.717) is 5.56 Å². The Kier molecular flexibility index (Phi) is 5.78. The van der Waals surface area contributed by atoms with E-state index in [9.17, 15) is 23.7 Å². The van der Waals surface area contributed by atoms with Crippen LogP contribution in [0.15, 0.2) is 34.8 Å². The molecule has 0 atom stereocenters. The largest absolute Gasteiger partial charge is 0.486 e. The zero-order valence-electron chi connectivity index (χ0n) is 14.5. The first-order valence-corrected chi connectivity index (χ1v) is 9.15. The molecule has 0 aliphatic heterocycles. The molecule has 2 aromatic rings. The second-order valence-electron chi connectivity index (χ2n) is 6.27. The van der Waals surface area contributed by atoms with E-state index in [-0.39, 0.29) is 34.3 Å². The van der Waals surface area contributed by atoms with Crippen LogP contribution in [-0.2, 0) is 0 Å². The van der Waals surface area contributed by atoms with Crippen molar-refractivity contribution in [3.63, 3.8) is 0 Å². The lowest BCUT2D eigenvalue weighted by molar-refractivity contribution is -0.383. The number of benzene rings is 2. The zero-order chi connectivity index (χ0) is 20.4. The van der Waals surface area contributed by atoms with Gasteiger partial charge < -0.3 is 15.8 Å². The van der Waals surface area contributed by atoms with Gasteiger partial charge in [0.2, 0.25) is 0 Å². The smallest absolute Gasteiger partial charge is 0.294 e. The maximum atomic E-state index is 12.8. The highest BCUT2D eigenvalue weighted by Crippen LogP contribution is 2.47. The number of carbonyl (C=O) groups is 1. The van der Waals surface area contributed by atoms with Crippen LogP contribution in [0, 0.1) is 10.1 Å². The van der Waals surface area contributed by atoms with Gasteiger partial charge in [-0.3, -0.25) is 14.9 Å². The summed E-state index contributed by atoms with van der Waals surface area (Å²) in [5.41, 5.74) is 5.40. The molecule has 0 unspecified atom stereocenters. The summed E-state index contributed by atoms with van der Waals surface area (Å²) >= 11 is 3.30. The van der Waals surface area contributed by atoms with Gasteiger partial charge in [0.05, 0.1) is 16.1 Å². The average Bonchev–Trinajstić information content (AvgIpc) is 3.44. The van der Waals surface area contributed by atoms with Crippen molar-refractivity contribution in [3.8, 4) is 16.9 Å². The van der Waals surface area contributed by atoms with Gasteiger partial charge in [-0.25, -0.2) is 8.78 Å². The van der Waals surface area contributed by atoms with Crippen LogP contribution in [0.5, 0.6) is 5.75 Å². The van der Waals surface area contributed by atoms with Crippen molar-refractivity contribution in [1.29, 1.82) is 0 Å². The molecule has 1 saturated carbocycles. The summed E-state index contributed by atoms with van der Waals surface area (Å²) < 4.78 is 31.6. The minimum absolute atomic E-state index is 0.0234. The van der Waals surface area contributed by atoms with Gasteiger partial charge in [0.15, 0.2) is 0 Å². The molecule has 1 fully saturated rings. The molecule has 1 aliphatic carbocycles. The summed E-state index contributed by atoms with van der Waals surface area (Å²) in [6, 6.07) is 7.65. The lowest BCUT2D eigenvalue weighted by Gasteiger charge is -2.19. The number of nitrogens with zero attached hydrogens (tertiary/aromatic N) is 1. The Labute approximate surface area is 167 Å². The van der Waals surface area contributed by atoms with E-state index >= 15 is 0 Å². The number of halogens is 3. The quantitative estimate of drug-likeness (QED) is 0.454. The molecule has 3 rings (SSSR count). The van der Waals surface area contributed by atoms with Crippen molar-refractivity contribution in [1.82, 2.24) is 0 Å². The van der Waals surface area contributed by atoms with Crippen LogP contribution in [0.1, 0.15) is 23.2 Å². The number of primary amides is 1. The summed E-state index contributed by atoms with van der Waals surface area (Å²) in [5, 5.41) is 14.7. The number of nitro groups is 1. The number of hydrogen-bond acceptors (Lipinski definition) is 5. The Balaban J connectivity index is 2.31. The minimum Gasteiger partial charge on any atom is -0.486 e. The number of nitrogens with one attached hydrogen (secondary N) is 1. The normalized spacial score (nSPS) is 13.4. The summed E-state index contributed by atoms with van der Waals surface area (Å²) in [4.78, 5) is 22.9. The van der Waals surface area contributed by atoms with Gasteiger partial charge in [-0.2, -0.15) is 0 Å². The number of nitro benzene ring substituents is 1. The first-order valence-electron chi connectivity index (χ1n) is 8.36. The third kappa shape index (κ3) is 4.38. The van der Waals surface area contributed by atoms with Gasteiger partial charge in [0, 0.05) is 16.6 Å². The molecule has 28 heavy (non-hydrogen) atoms. The molecule has 0 bridgehead atoms. The molecule has 2 aromatic carbocycles. The van der Waals surface area contributed by atoms with Crippen LogP contribution in [0.25, 0.3) is 11.1 Å². The Bertz CT molecular complexity index is 918. The second-order valence-corrected chi connectivity index (χ2v) is 7.19. The van der Waals surface area contributed by atoms with Crippen molar-refractivity contribution < 1.29 is 23.2 Å².